The van der Waals surface area contributed by atoms with Crippen molar-refractivity contribution in [3.8, 4) is 11.5 Å². The number of ether oxygens (including phenoxy) is 2. The molecule has 1 aliphatic rings. The van der Waals surface area contributed by atoms with Crippen molar-refractivity contribution < 1.29 is 24.2 Å². The maximum absolute atomic E-state index is 12.6. The molecule has 1 saturated heterocycles. The van der Waals surface area contributed by atoms with Gasteiger partial charge in [-0.05, 0) is 53.0 Å². The van der Waals surface area contributed by atoms with Gasteiger partial charge in [-0.1, -0.05) is 30.9 Å². The minimum Gasteiger partial charge on any atom is -0.503 e. The predicted molar refractivity (Wildman–Crippen MR) is 113 cm³/mol. The second kappa shape index (κ2) is 10.1. The van der Waals surface area contributed by atoms with Crippen LogP contribution in [0, 0.1) is 0 Å². The highest BCUT2D eigenvalue weighted by atomic mass is 79.9. The first-order valence-corrected chi connectivity index (χ1v) is 10.4. The zero-order valence-electron chi connectivity index (χ0n) is 15.0. The molecule has 0 aliphatic carbocycles. The maximum Gasteiger partial charge on any atom is 0.307 e. The molecule has 146 valence electrons. The van der Waals surface area contributed by atoms with Crippen molar-refractivity contribution in [3.63, 3.8) is 0 Å². The lowest BCUT2D eigenvalue weighted by Gasteiger charge is -2.13. The summed E-state index contributed by atoms with van der Waals surface area (Å²) in [4.78, 5) is 26.1. The number of amides is 1. The van der Waals surface area contributed by atoms with Crippen molar-refractivity contribution in [2.75, 3.05) is 19.8 Å². The molecule has 0 spiro atoms. The van der Waals surface area contributed by atoms with Gasteiger partial charge in [-0.15, -0.1) is 0 Å². The van der Waals surface area contributed by atoms with Crippen LogP contribution in [0.15, 0.2) is 21.5 Å². The van der Waals surface area contributed by atoms with E-state index in [1.54, 1.807) is 18.2 Å². The Kier molecular flexibility index (Phi) is 8.12. The van der Waals surface area contributed by atoms with Gasteiger partial charge in [0.2, 0.25) is 0 Å². The van der Waals surface area contributed by atoms with Gasteiger partial charge >= 0.3 is 5.97 Å². The first-order valence-electron chi connectivity index (χ1n) is 8.43. The van der Waals surface area contributed by atoms with Crippen LogP contribution in [0.25, 0.3) is 6.08 Å². The lowest BCUT2D eigenvalue weighted by Crippen LogP contribution is -2.30. The normalized spacial score (nSPS) is 15.5. The molecule has 1 aromatic carbocycles. The fourth-order valence-corrected chi connectivity index (χ4v) is 4.05. The first kappa shape index (κ1) is 21.7. The Balaban J connectivity index is 2.13. The third kappa shape index (κ3) is 5.70. The van der Waals surface area contributed by atoms with E-state index in [0.29, 0.717) is 38.2 Å². The summed E-state index contributed by atoms with van der Waals surface area (Å²) in [6.45, 7) is 4.69. The number of hydrogen-bond acceptors (Lipinski definition) is 7. The van der Waals surface area contributed by atoms with Crippen molar-refractivity contribution in [3.05, 3.63) is 27.1 Å². The first-order chi connectivity index (χ1) is 12.9. The molecule has 0 atom stereocenters. The second-order valence-electron chi connectivity index (χ2n) is 5.59. The summed E-state index contributed by atoms with van der Waals surface area (Å²) in [5.41, 5.74) is 0.686. The Bertz CT molecular complexity index is 781. The van der Waals surface area contributed by atoms with Crippen LogP contribution in [0.5, 0.6) is 11.5 Å². The van der Waals surface area contributed by atoms with Crippen molar-refractivity contribution >= 4 is 62.2 Å². The summed E-state index contributed by atoms with van der Waals surface area (Å²) in [6, 6.07) is 3.34. The molecule has 27 heavy (non-hydrogen) atoms. The Morgan fingerprint density at radius 3 is 2.81 bits per heavy atom. The largest absolute Gasteiger partial charge is 0.503 e. The van der Waals surface area contributed by atoms with Gasteiger partial charge in [0.25, 0.3) is 5.91 Å². The number of thioether (sulfide) groups is 1. The molecule has 0 saturated carbocycles. The molecule has 1 aliphatic heterocycles. The Labute approximate surface area is 176 Å². The Morgan fingerprint density at radius 1 is 1.41 bits per heavy atom. The predicted octanol–water partition coefficient (Wildman–Crippen LogP) is 4.10. The number of carbonyl (C=O) groups excluding carboxylic acids is 2. The van der Waals surface area contributed by atoms with E-state index in [0.717, 1.165) is 6.42 Å². The molecule has 1 fully saturated rings. The third-order valence-electron chi connectivity index (χ3n) is 3.53. The van der Waals surface area contributed by atoms with Crippen molar-refractivity contribution in [1.82, 2.24) is 4.90 Å². The summed E-state index contributed by atoms with van der Waals surface area (Å²) >= 11 is 9.72. The number of hydrogen-bond donors (Lipinski definition) is 1. The average Bonchev–Trinajstić information content (AvgIpc) is 2.89. The fourth-order valence-electron chi connectivity index (χ4n) is 2.28. The van der Waals surface area contributed by atoms with E-state index >= 15 is 0 Å². The van der Waals surface area contributed by atoms with Crippen molar-refractivity contribution in [2.24, 2.45) is 0 Å². The molecule has 1 heterocycles. The zero-order chi connectivity index (χ0) is 20.0. The molecular formula is C18H20BrNO5S2. The standard InChI is InChI=1S/C18H20BrNO5S2/c1-3-7-25-15(21)5-6-20-17(23)14(27-18(20)26)10-11-8-12(19)16(22)13(9-11)24-4-2/h8-10,22H,3-7H2,1-2H3/b14-10-. The molecule has 1 aromatic rings. The van der Waals surface area contributed by atoms with Crippen LogP contribution in [-0.4, -0.2) is 46.0 Å². The number of phenolic OH excluding ortho intramolecular Hbond substituents is 1. The summed E-state index contributed by atoms with van der Waals surface area (Å²) < 4.78 is 11.3. The van der Waals surface area contributed by atoms with Crippen molar-refractivity contribution in [2.45, 2.75) is 26.7 Å². The van der Waals surface area contributed by atoms with Crippen molar-refractivity contribution in [1.29, 1.82) is 0 Å². The smallest absolute Gasteiger partial charge is 0.307 e. The summed E-state index contributed by atoms with van der Waals surface area (Å²) in [5, 5.41) is 10.00. The minimum atomic E-state index is -0.348. The summed E-state index contributed by atoms with van der Waals surface area (Å²) in [5.74, 6) is -0.270. The highest BCUT2D eigenvalue weighted by Gasteiger charge is 2.32. The minimum absolute atomic E-state index is 0.00661. The highest BCUT2D eigenvalue weighted by molar-refractivity contribution is 9.10. The number of carbonyl (C=O) groups is 2. The lowest BCUT2D eigenvalue weighted by atomic mass is 10.2. The van der Waals surface area contributed by atoms with Gasteiger partial charge in [0.05, 0.1) is 29.0 Å². The van der Waals surface area contributed by atoms with Gasteiger partial charge in [0.15, 0.2) is 11.5 Å². The second-order valence-corrected chi connectivity index (χ2v) is 8.12. The summed E-state index contributed by atoms with van der Waals surface area (Å²) in [7, 11) is 0. The fraction of sp³-hybridized carbons (Fsp3) is 0.389. The molecule has 1 N–H and O–H groups in total. The van der Waals surface area contributed by atoms with E-state index in [2.05, 4.69) is 15.9 Å². The quantitative estimate of drug-likeness (QED) is 0.346. The molecular weight excluding hydrogens is 454 g/mol. The van der Waals surface area contributed by atoms with E-state index in [-0.39, 0.29) is 30.6 Å². The molecule has 1 amide bonds. The van der Waals surface area contributed by atoms with Crippen LogP contribution in [0.2, 0.25) is 0 Å². The van der Waals surface area contributed by atoms with E-state index in [9.17, 15) is 14.7 Å². The Hall–Kier alpha value is -1.58. The van der Waals surface area contributed by atoms with Crippen LogP contribution in [0.1, 0.15) is 32.3 Å². The molecule has 6 nitrogen and oxygen atoms in total. The molecule has 0 unspecified atom stereocenters. The number of rotatable bonds is 8. The number of nitrogens with zero attached hydrogens (tertiary/aromatic N) is 1. The SMILES string of the molecule is CCCOC(=O)CCN1C(=O)/C(=C/c2cc(Br)c(O)c(OCC)c2)SC1=S. The van der Waals surface area contributed by atoms with E-state index in [4.69, 9.17) is 21.7 Å². The molecule has 2 rings (SSSR count). The highest BCUT2D eigenvalue weighted by Crippen LogP contribution is 2.38. The van der Waals surface area contributed by atoms with Gasteiger partial charge < -0.3 is 14.6 Å². The van der Waals surface area contributed by atoms with Gasteiger partial charge in [0, 0.05) is 6.54 Å². The van der Waals surface area contributed by atoms with Gasteiger partial charge in [-0.2, -0.15) is 0 Å². The van der Waals surface area contributed by atoms with Crippen LogP contribution in [0.3, 0.4) is 0 Å². The van der Waals surface area contributed by atoms with Gasteiger partial charge in [-0.3, -0.25) is 14.5 Å². The number of phenols is 1. The van der Waals surface area contributed by atoms with Gasteiger partial charge in [0.1, 0.15) is 4.32 Å². The van der Waals surface area contributed by atoms with E-state index < -0.39 is 0 Å². The topological polar surface area (TPSA) is 76.1 Å². The number of thiocarbonyl (C=S) groups is 1. The molecule has 0 bridgehead atoms. The number of benzene rings is 1. The molecule has 9 heteroatoms. The molecule has 0 radical (unpaired) electrons. The zero-order valence-corrected chi connectivity index (χ0v) is 18.2. The van der Waals surface area contributed by atoms with Gasteiger partial charge in [-0.25, -0.2) is 0 Å². The monoisotopic (exact) mass is 473 g/mol. The number of aromatic hydroxyl groups is 1. The maximum atomic E-state index is 12.6. The Morgan fingerprint density at radius 2 is 2.15 bits per heavy atom. The van der Waals surface area contributed by atoms with E-state index in [1.807, 2.05) is 13.8 Å². The number of halogens is 1. The van der Waals surface area contributed by atoms with E-state index in [1.165, 1.54) is 16.7 Å². The van der Waals surface area contributed by atoms with Crippen LogP contribution >= 0.6 is 39.9 Å². The lowest BCUT2D eigenvalue weighted by molar-refractivity contribution is -0.143. The molecule has 0 aromatic heterocycles. The number of esters is 1. The van der Waals surface area contributed by atoms with Crippen LogP contribution < -0.4 is 4.74 Å². The van der Waals surface area contributed by atoms with Crippen LogP contribution in [-0.2, 0) is 14.3 Å². The van der Waals surface area contributed by atoms with Crippen LogP contribution in [0.4, 0.5) is 0 Å². The summed E-state index contributed by atoms with van der Waals surface area (Å²) in [6.07, 6.45) is 2.53. The average molecular weight is 474 g/mol. The third-order valence-corrected chi connectivity index (χ3v) is 5.51.